The van der Waals surface area contributed by atoms with Crippen molar-refractivity contribution in [2.75, 3.05) is 20.1 Å². The summed E-state index contributed by atoms with van der Waals surface area (Å²) in [6.07, 6.45) is 3.67. The minimum Gasteiger partial charge on any atom is -0.388 e. The third kappa shape index (κ3) is 3.65. The zero-order chi connectivity index (χ0) is 16.3. The van der Waals surface area contributed by atoms with E-state index in [4.69, 9.17) is 0 Å². The van der Waals surface area contributed by atoms with Gasteiger partial charge < -0.3 is 15.3 Å². The molecule has 0 unspecified atom stereocenters. The van der Waals surface area contributed by atoms with E-state index < -0.39 is 5.60 Å². The Labute approximate surface area is 130 Å². The zero-order valence-electron chi connectivity index (χ0n) is 13.4. The van der Waals surface area contributed by atoms with Gasteiger partial charge in [-0.1, -0.05) is 0 Å². The van der Waals surface area contributed by atoms with E-state index in [-0.39, 0.29) is 24.8 Å². The van der Waals surface area contributed by atoms with Gasteiger partial charge in [0.25, 0.3) is 5.91 Å². The maximum atomic E-state index is 12.6. The van der Waals surface area contributed by atoms with Crippen LogP contribution in [-0.4, -0.2) is 57.3 Å². The fourth-order valence-corrected chi connectivity index (χ4v) is 2.94. The van der Waals surface area contributed by atoms with Crippen LogP contribution in [0.15, 0.2) is 6.20 Å². The molecule has 7 nitrogen and oxygen atoms in total. The maximum Gasteiger partial charge on any atom is 0.257 e. The molecule has 0 aromatic carbocycles. The van der Waals surface area contributed by atoms with E-state index in [2.05, 4.69) is 10.4 Å². The molecule has 1 aliphatic heterocycles. The van der Waals surface area contributed by atoms with Crippen LogP contribution in [0, 0.1) is 6.92 Å². The number of aryl methyl sites for hydroxylation is 2. The molecule has 2 amide bonds. The molecule has 0 bridgehead atoms. The summed E-state index contributed by atoms with van der Waals surface area (Å²) < 4.78 is 1.62. The Morgan fingerprint density at radius 3 is 2.82 bits per heavy atom. The zero-order valence-corrected chi connectivity index (χ0v) is 13.4. The number of rotatable bonds is 4. The largest absolute Gasteiger partial charge is 0.388 e. The summed E-state index contributed by atoms with van der Waals surface area (Å²) in [5, 5.41) is 17.4. The standard InChI is InChI=1S/C15H24N4O3/c1-11-12(9-18(3)17-11)14(21)19-8-4-6-15(22,10-19)7-5-13(20)16-2/h9,22H,4-8,10H2,1-3H3,(H,16,20)/t15-/m0/s1. The Morgan fingerprint density at radius 1 is 1.50 bits per heavy atom. The van der Waals surface area contributed by atoms with E-state index in [1.54, 1.807) is 36.8 Å². The Bertz CT molecular complexity index is 569. The van der Waals surface area contributed by atoms with E-state index in [0.717, 1.165) is 6.42 Å². The molecule has 0 aliphatic carbocycles. The summed E-state index contributed by atoms with van der Waals surface area (Å²) in [6.45, 7) is 2.68. The third-order valence-electron chi connectivity index (χ3n) is 4.18. The summed E-state index contributed by atoms with van der Waals surface area (Å²) in [4.78, 5) is 25.6. The highest BCUT2D eigenvalue weighted by atomic mass is 16.3. The molecule has 1 aliphatic rings. The topological polar surface area (TPSA) is 87.5 Å². The monoisotopic (exact) mass is 308 g/mol. The molecule has 0 radical (unpaired) electrons. The Hall–Kier alpha value is -1.89. The first-order valence-electron chi connectivity index (χ1n) is 7.57. The van der Waals surface area contributed by atoms with E-state index in [1.807, 2.05) is 0 Å². The molecule has 1 atom stereocenters. The average molecular weight is 308 g/mol. The normalized spacial score (nSPS) is 21.7. The van der Waals surface area contributed by atoms with Gasteiger partial charge in [0.2, 0.25) is 5.91 Å². The average Bonchev–Trinajstić information content (AvgIpc) is 2.82. The quantitative estimate of drug-likeness (QED) is 0.833. The summed E-state index contributed by atoms with van der Waals surface area (Å²) in [7, 11) is 3.36. The highest BCUT2D eigenvalue weighted by Gasteiger charge is 2.36. The second-order valence-corrected chi connectivity index (χ2v) is 6.03. The molecular formula is C15H24N4O3. The molecule has 7 heteroatoms. The highest BCUT2D eigenvalue weighted by molar-refractivity contribution is 5.95. The van der Waals surface area contributed by atoms with Crippen molar-refractivity contribution in [1.29, 1.82) is 0 Å². The number of piperidine rings is 1. The van der Waals surface area contributed by atoms with Crippen molar-refractivity contribution in [3.05, 3.63) is 17.5 Å². The summed E-state index contributed by atoms with van der Waals surface area (Å²) >= 11 is 0. The van der Waals surface area contributed by atoms with Crippen molar-refractivity contribution in [2.45, 2.75) is 38.2 Å². The second kappa shape index (κ2) is 6.48. The van der Waals surface area contributed by atoms with Crippen LogP contribution in [-0.2, 0) is 11.8 Å². The first-order valence-corrected chi connectivity index (χ1v) is 7.57. The predicted octanol–water partition coefficient (Wildman–Crippen LogP) is 0.222. The lowest BCUT2D eigenvalue weighted by Gasteiger charge is -2.39. The van der Waals surface area contributed by atoms with Crippen LogP contribution in [0.2, 0.25) is 0 Å². The van der Waals surface area contributed by atoms with E-state index in [1.165, 1.54) is 0 Å². The van der Waals surface area contributed by atoms with Crippen molar-refractivity contribution in [3.63, 3.8) is 0 Å². The van der Waals surface area contributed by atoms with Gasteiger partial charge in [-0.15, -0.1) is 0 Å². The fraction of sp³-hybridized carbons (Fsp3) is 0.667. The number of nitrogens with one attached hydrogen (secondary N) is 1. The minimum atomic E-state index is -0.990. The smallest absolute Gasteiger partial charge is 0.257 e. The SMILES string of the molecule is CNC(=O)CC[C@@]1(O)CCCN(C(=O)c2cn(C)nc2C)C1. The summed E-state index contributed by atoms with van der Waals surface area (Å²) in [5.74, 6) is -0.205. The number of nitrogens with zero attached hydrogens (tertiary/aromatic N) is 3. The number of amides is 2. The molecule has 122 valence electrons. The van der Waals surface area contributed by atoms with Crippen molar-refractivity contribution < 1.29 is 14.7 Å². The van der Waals surface area contributed by atoms with E-state index >= 15 is 0 Å². The van der Waals surface area contributed by atoms with Crippen LogP contribution in [0.5, 0.6) is 0 Å². The number of β-amino-alcohol motifs (C(OH)–C–C–N with tert-alkyl or cyclic N) is 1. The number of hydrogen-bond acceptors (Lipinski definition) is 4. The molecular weight excluding hydrogens is 284 g/mol. The molecule has 2 rings (SSSR count). The molecule has 2 heterocycles. The van der Waals surface area contributed by atoms with Crippen LogP contribution < -0.4 is 5.32 Å². The molecule has 1 aromatic heterocycles. The summed E-state index contributed by atoms with van der Waals surface area (Å²) in [6, 6.07) is 0. The van der Waals surface area contributed by atoms with Gasteiger partial charge in [0.15, 0.2) is 0 Å². The van der Waals surface area contributed by atoms with Crippen LogP contribution in [0.1, 0.15) is 41.7 Å². The van der Waals surface area contributed by atoms with Gasteiger partial charge >= 0.3 is 0 Å². The summed E-state index contributed by atoms with van der Waals surface area (Å²) in [5.41, 5.74) is 0.265. The number of aromatic nitrogens is 2. The molecule has 1 aromatic rings. The van der Waals surface area contributed by atoms with Gasteiger partial charge in [-0.05, 0) is 26.2 Å². The van der Waals surface area contributed by atoms with Crippen LogP contribution in [0.3, 0.4) is 0 Å². The van der Waals surface area contributed by atoms with Crippen molar-refractivity contribution in [1.82, 2.24) is 20.0 Å². The number of aliphatic hydroxyl groups is 1. The first kappa shape index (κ1) is 16.5. The van der Waals surface area contributed by atoms with Crippen LogP contribution in [0.4, 0.5) is 0 Å². The van der Waals surface area contributed by atoms with Crippen molar-refractivity contribution in [2.24, 2.45) is 7.05 Å². The van der Waals surface area contributed by atoms with Crippen LogP contribution >= 0.6 is 0 Å². The lowest BCUT2D eigenvalue weighted by atomic mass is 9.88. The maximum absolute atomic E-state index is 12.6. The first-order chi connectivity index (χ1) is 10.3. The Kier molecular flexibility index (Phi) is 4.85. The van der Waals surface area contributed by atoms with Gasteiger partial charge in [-0.2, -0.15) is 5.10 Å². The van der Waals surface area contributed by atoms with Crippen LogP contribution in [0.25, 0.3) is 0 Å². The Morgan fingerprint density at radius 2 is 2.23 bits per heavy atom. The predicted molar refractivity (Wildman–Crippen MR) is 81.3 cm³/mol. The molecule has 2 N–H and O–H groups in total. The van der Waals surface area contributed by atoms with Gasteiger partial charge in [0, 0.05) is 39.8 Å². The highest BCUT2D eigenvalue weighted by Crippen LogP contribution is 2.27. The molecule has 22 heavy (non-hydrogen) atoms. The van der Waals surface area contributed by atoms with Gasteiger partial charge in [-0.25, -0.2) is 0 Å². The van der Waals surface area contributed by atoms with Gasteiger partial charge in [0.05, 0.1) is 16.9 Å². The number of hydrogen-bond donors (Lipinski definition) is 2. The van der Waals surface area contributed by atoms with E-state index in [0.29, 0.717) is 30.6 Å². The minimum absolute atomic E-state index is 0.0972. The van der Waals surface area contributed by atoms with Gasteiger partial charge in [-0.3, -0.25) is 14.3 Å². The molecule has 0 saturated carbocycles. The van der Waals surface area contributed by atoms with Crippen molar-refractivity contribution in [3.8, 4) is 0 Å². The number of carbonyl (C=O) groups excluding carboxylic acids is 2. The van der Waals surface area contributed by atoms with Gasteiger partial charge in [0.1, 0.15) is 0 Å². The van der Waals surface area contributed by atoms with E-state index in [9.17, 15) is 14.7 Å². The molecule has 1 saturated heterocycles. The lowest BCUT2D eigenvalue weighted by Crippen LogP contribution is -2.50. The lowest BCUT2D eigenvalue weighted by molar-refractivity contribution is -0.122. The second-order valence-electron chi connectivity index (χ2n) is 6.03. The number of carbonyl (C=O) groups is 2. The number of likely N-dealkylation sites (tertiary alicyclic amines) is 1. The third-order valence-corrected chi connectivity index (χ3v) is 4.18. The fourth-order valence-electron chi connectivity index (χ4n) is 2.94. The van der Waals surface area contributed by atoms with Crippen molar-refractivity contribution >= 4 is 11.8 Å². The molecule has 1 fully saturated rings. The Balaban J connectivity index is 2.05. The molecule has 0 spiro atoms.